The molecule has 0 aliphatic heterocycles. The van der Waals surface area contributed by atoms with Gasteiger partial charge in [0.05, 0.1) is 17.5 Å². The molecule has 0 radical (unpaired) electrons. The summed E-state index contributed by atoms with van der Waals surface area (Å²) in [7, 11) is 0.642. The first-order valence-electron chi connectivity index (χ1n) is 5.24. The first kappa shape index (κ1) is 13.1. The van der Waals surface area contributed by atoms with Crippen molar-refractivity contribution in [1.82, 2.24) is 4.31 Å². The summed E-state index contributed by atoms with van der Waals surface area (Å²) in [5, 5.41) is 0. The van der Waals surface area contributed by atoms with Crippen LogP contribution < -0.4 is 0 Å². The molecular weight excluding hydrogens is 222 g/mol. The molecule has 0 N–H and O–H groups in total. The van der Waals surface area contributed by atoms with Gasteiger partial charge in [0.25, 0.3) is 0 Å². The monoisotopic (exact) mass is 239 g/mol. The lowest BCUT2D eigenvalue weighted by atomic mass is 10.1. The molecule has 1 rings (SSSR count). The lowest BCUT2D eigenvalue weighted by molar-refractivity contribution is 0.0974. The van der Waals surface area contributed by atoms with Crippen LogP contribution in [-0.4, -0.2) is 33.6 Å². The highest BCUT2D eigenvalue weighted by molar-refractivity contribution is 7.82. The molecule has 88 valence electrons. The molecule has 0 amide bonds. The van der Waals surface area contributed by atoms with E-state index in [1.54, 1.807) is 23.5 Å². The Morgan fingerprint density at radius 2 is 1.88 bits per heavy atom. The van der Waals surface area contributed by atoms with Crippen molar-refractivity contribution in [3.8, 4) is 0 Å². The molecule has 0 saturated heterocycles. The van der Waals surface area contributed by atoms with Crippen LogP contribution in [0.25, 0.3) is 0 Å². The Hall–Kier alpha value is -1.00. The summed E-state index contributed by atoms with van der Waals surface area (Å²) < 4.78 is 13.0. The summed E-state index contributed by atoms with van der Waals surface area (Å²) in [6.07, 6.45) is 0. The number of Topliss-reactive ketones (excluding diaryl/α,β-unsaturated/α-hetero) is 1. The molecular formula is C12H17NO2S. The predicted octanol–water partition coefficient (Wildman–Crippen LogP) is 1.79. The van der Waals surface area contributed by atoms with Gasteiger partial charge in [-0.2, -0.15) is 0 Å². The summed E-state index contributed by atoms with van der Waals surface area (Å²) >= 11 is 0. The van der Waals surface area contributed by atoms with Gasteiger partial charge in [-0.3, -0.25) is 4.79 Å². The molecule has 0 aliphatic rings. The molecule has 0 fully saturated rings. The second-order valence-electron chi connectivity index (χ2n) is 3.69. The van der Waals surface area contributed by atoms with Crippen LogP contribution in [0, 0.1) is 6.92 Å². The molecule has 16 heavy (non-hydrogen) atoms. The van der Waals surface area contributed by atoms with Crippen LogP contribution >= 0.6 is 0 Å². The molecule has 0 spiro atoms. The maximum Gasteiger partial charge on any atom is 0.177 e. The normalized spacial score (nSPS) is 12.8. The average molecular weight is 239 g/mol. The van der Waals surface area contributed by atoms with Crippen LogP contribution in [0.4, 0.5) is 0 Å². The zero-order valence-electron chi connectivity index (χ0n) is 9.90. The van der Waals surface area contributed by atoms with Gasteiger partial charge in [-0.1, -0.05) is 36.8 Å². The first-order valence-corrected chi connectivity index (χ1v) is 6.51. The Morgan fingerprint density at radius 1 is 1.31 bits per heavy atom. The maximum absolute atomic E-state index is 11.8. The van der Waals surface area contributed by atoms with Gasteiger partial charge in [-0.05, 0) is 6.92 Å². The molecule has 0 aromatic heterocycles. The molecule has 0 bridgehead atoms. The standard InChI is InChI=1S/C12H17NO2S/c1-4-16(15)13(3)9-12(14)11-7-5-10(2)6-8-11/h5-8H,4,9H2,1-3H3. The average Bonchev–Trinajstić information content (AvgIpc) is 2.28. The first-order chi connectivity index (χ1) is 7.54. The number of rotatable bonds is 5. The number of aryl methyl sites for hydroxylation is 1. The highest BCUT2D eigenvalue weighted by atomic mass is 32.2. The SMILES string of the molecule is CCS(=O)N(C)CC(=O)c1ccc(C)cc1. The summed E-state index contributed by atoms with van der Waals surface area (Å²) in [5.74, 6) is 0.543. The van der Waals surface area contributed by atoms with Crippen molar-refractivity contribution in [2.75, 3.05) is 19.3 Å². The third kappa shape index (κ3) is 3.54. The minimum atomic E-state index is -1.06. The van der Waals surface area contributed by atoms with E-state index in [9.17, 15) is 9.00 Å². The van der Waals surface area contributed by atoms with Crippen molar-refractivity contribution in [3.63, 3.8) is 0 Å². The summed E-state index contributed by atoms with van der Waals surface area (Å²) in [6.45, 7) is 4.01. The number of likely N-dealkylation sites (N-methyl/N-ethyl adjacent to an activating group) is 1. The quantitative estimate of drug-likeness (QED) is 0.735. The van der Waals surface area contributed by atoms with Gasteiger partial charge in [0, 0.05) is 18.4 Å². The Balaban J connectivity index is 2.65. The predicted molar refractivity (Wildman–Crippen MR) is 66.8 cm³/mol. The number of hydrogen-bond acceptors (Lipinski definition) is 2. The second kappa shape index (κ2) is 5.92. The van der Waals surface area contributed by atoms with Crippen molar-refractivity contribution in [2.45, 2.75) is 13.8 Å². The van der Waals surface area contributed by atoms with E-state index < -0.39 is 11.0 Å². The molecule has 1 aromatic carbocycles. The Morgan fingerprint density at radius 3 is 2.38 bits per heavy atom. The molecule has 1 atom stereocenters. The number of carbonyl (C=O) groups excluding carboxylic acids is 1. The van der Waals surface area contributed by atoms with E-state index in [0.29, 0.717) is 11.3 Å². The number of carbonyl (C=O) groups is 1. The Kier molecular flexibility index (Phi) is 4.83. The molecule has 0 aliphatic carbocycles. The smallest absolute Gasteiger partial charge is 0.177 e. The van der Waals surface area contributed by atoms with Gasteiger partial charge in [0.15, 0.2) is 5.78 Å². The van der Waals surface area contributed by atoms with Gasteiger partial charge in [0.1, 0.15) is 0 Å². The third-order valence-electron chi connectivity index (χ3n) is 2.33. The van der Waals surface area contributed by atoms with E-state index in [1.807, 2.05) is 26.0 Å². The molecule has 1 aromatic rings. The fourth-order valence-electron chi connectivity index (χ4n) is 1.33. The van der Waals surface area contributed by atoms with Crippen LogP contribution in [0.2, 0.25) is 0 Å². The van der Waals surface area contributed by atoms with Gasteiger partial charge in [-0.25, -0.2) is 8.51 Å². The summed E-state index contributed by atoms with van der Waals surface area (Å²) in [4.78, 5) is 11.8. The van der Waals surface area contributed by atoms with Crippen molar-refractivity contribution in [1.29, 1.82) is 0 Å². The van der Waals surface area contributed by atoms with Crippen LogP contribution in [0.5, 0.6) is 0 Å². The Bertz CT molecular complexity index is 387. The number of nitrogens with zero attached hydrogens (tertiary/aromatic N) is 1. The lowest BCUT2D eigenvalue weighted by Gasteiger charge is -2.13. The summed E-state index contributed by atoms with van der Waals surface area (Å²) in [5.41, 5.74) is 1.80. The molecule has 0 heterocycles. The van der Waals surface area contributed by atoms with Gasteiger partial charge in [0.2, 0.25) is 0 Å². The topological polar surface area (TPSA) is 37.4 Å². The fraction of sp³-hybridized carbons (Fsp3) is 0.417. The van der Waals surface area contributed by atoms with E-state index in [-0.39, 0.29) is 12.3 Å². The van der Waals surface area contributed by atoms with Crippen LogP contribution in [0.15, 0.2) is 24.3 Å². The van der Waals surface area contributed by atoms with Gasteiger partial charge in [-0.15, -0.1) is 0 Å². The molecule has 3 nitrogen and oxygen atoms in total. The van der Waals surface area contributed by atoms with Gasteiger partial charge < -0.3 is 0 Å². The third-order valence-corrected chi connectivity index (χ3v) is 3.65. The fourth-order valence-corrected chi connectivity index (χ4v) is 2.03. The van der Waals surface area contributed by atoms with E-state index in [0.717, 1.165) is 5.56 Å². The van der Waals surface area contributed by atoms with Crippen LogP contribution in [0.3, 0.4) is 0 Å². The van der Waals surface area contributed by atoms with E-state index in [1.165, 1.54) is 0 Å². The maximum atomic E-state index is 11.8. The Labute approximate surface area is 99.1 Å². The number of ketones is 1. The van der Waals surface area contributed by atoms with Crippen LogP contribution in [0.1, 0.15) is 22.8 Å². The minimum absolute atomic E-state index is 0.00398. The minimum Gasteiger partial charge on any atom is -0.293 e. The zero-order valence-corrected chi connectivity index (χ0v) is 10.7. The number of benzene rings is 1. The second-order valence-corrected chi connectivity index (χ2v) is 5.53. The van der Waals surface area contributed by atoms with Crippen molar-refractivity contribution in [2.24, 2.45) is 0 Å². The van der Waals surface area contributed by atoms with Crippen molar-refractivity contribution < 1.29 is 9.00 Å². The summed E-state index contributed by atoms with van der Waals surface area (Å²) in [6, 6.07) is 7.43. The van der Waals surface area contributed by atoms with E-state index >= 15 is 0 Å². The van der Waals surface area contributed by atoms with Crippen molar-refractivity contribution >= 4 is 16.8 Å². The van der Waals surface area contributed by atoms with Gasteiger partial charge >= 0.3 is 0 Å². The highest BCUT2D eigenvalue weighted by Gasteiger charge is 2.12. The molecule has 4 heteroatoms. The lowest BCUT2D eigenvalue weighted by Crippen LogP contribution is -2.28. The van der Waals surface area contributed by atoms with E-state index in [2.05, 4.69) is 0 Å². The molecule has 1 unspecified atom stereocenters. The highest BCUT2D eigenvalue weighted by Crippen LogP contribution is 2.05. The van der Waals surface area contributed by atoms with Crippen LogP contribution in [-0.2, 0) is 11.0 Å². The largest absolute Gasteiger partial charge is 0.293 e. The molecule has 0 saturated carbocycles. The van der Waals surface area contributed by atoms with E-state index in [4.69, 9.17) is 0 Å². The van der Waals surface area contributed by atoms with Crippen molar-refractivity contribution in [3.05, 3.63) is 35.4 Å². The zero-order chi connectivity index (χ0) is 12.1. The number of hydrogen-bond donors (Lipinski definition) is 0.